The summed E-state index contributed by atoms with van der Waals surface area (Å²) < 4.78 is 0. The first-order valence-electron chi connectivity index (χ1n) is 6.77. The van der Waals surface area contributed by atoms with Crippen LogP contribution in [0.5, 0.6) is 0 Å². The monoisotopic (exact) mass is 225 g/mol. The summed E-state index contributed by atoms with van der Waals surface area (Å²) in [5.74, 6) is 1.77. The quantitative estimate of drug-likeness (QED) is 0.716. The topological polar surface area (TPSA) is 20.3 Å². The van der Waals surface area contributed by atoms with Crippen LogP contribution in [0.3, 0.4) is 0 Å². The van der Waals surface area contributed by atoms with Crippen molar-refractivity contribution in [1.82, 2.24) is 4.90 Å². The molecule has 2 heteroatoms. The van der Waals surface area contributed by atoms with E-state index in [2.05, 4.69) is 32.6 Å². The highest BCUT2D eigenvalue weighted by atomic mass is 16.1. The third-order valence-corrected chi connectivity index (χ3v) is 3.16. The zero-order valence-electron chi connectivity index (χ0n) is 11.3. The fourth-order valence-corrected chi connectivity index (χ4v) is 2.62. The molecule has 1 rings (SSSR count). The van der Waals surface area contributed by atoms with Crippen LogP contribution < -0.4 is 0 Å². The van der Waals surface area contributed by atoms with Crippen LogP contribution >= 0.6 is 0 Å². The van der Waals surface area contributed by atoms with E-state index in [1.54, 1.807) is 0 Å². The number of nitrogens with zero attached hydrogens (tertiary/aromatic N) is 1. The molecule has 0 N–H and O–H groups in total. The maximum atomic E-state index is 12.0. The molecular formula is C14H27NO. The van der Waals surface area contributed by atoms with E-state index in [9.17, 15) is 4.79 Å². The van der Waals surface area contributed by atoms with Gasteiger partial charge in [-0.25, -0.2) is 0 Å². The summed E-state index contributed by atoms with van der Waals surface area (Å²) in [5.41, 5.74) is 0. The molecule has 16 heavy (non-hydrogen) atoms. The Labute approximate surface area is 100 Å². The van der Waals surface area contributed by atoms with Crippen LogP contribution in [-0.4, -0.2) is 29.8 Å². The van der Waals surface area contributed by atoms with Gasteiger partial charge in [0.15, 0.2) is 0 Å². The Balaban J connectivity index is 2.61. The lowest BCUT2D eigenvalue weighted by atomic mass is 9.91. The smallest absolute Gasteiger partial charge is 0.149 e. The van der Waals surface area contributed by atoms with Gasteiger partial charge in [0.05, 0.1) is 6.04 Å². The second-order valence-electron chi connectivity index (χ2n) is 5.97. The van der Waals surface area contributed by atoms with Gasteiger partial charge < -0.3 is 0 Å². The first-order chi connectivity index (χ1) is 7.50. The summed E-state index contributed by atoms with van der Waals surface area (Å²) in [4.78, 5) is 14.4. The van der Waals surface area contributed by atoms with E-state index in [1.165, 1.54) is 6.42 Å². The molecule has 0 aromatic rings. The summed E-state index contributed by atoms with van der Waals surface area (Å²) in [6.45, 7) is 11.1. The fourth-order valence-electron chi connectivity index (χ4n) is 2.62. The minimum atomic E-state index is 0.221. The van der Waals surface area contributed by atoms with Gasteiger partial charge in [-0.05, 0) is 24.7 Å². The van der Waals surface area contributed by atoms with E-state index in [1.807, 2.05) is 0 Å². The van der Waals surface area contributed by atoms with Gasteiger partial charge in [0.25, 0.3) is 0 Å². The van der Waals surface area contributed by atoms with E-state index in [0.29, 0.717) is 17.6 Å². The highest BCUT2D eigenvalue weighted by Crippen LogP contribution is 2.21. The lowest BCUT2D eigenvalue weighted by Gasteiger charge is -2.35. The first-order valence-corrected chi connectivity index (χ1v) is 6.77. The Morgan fingerprint density at radius 3 is 2.12 bits per heavy atom. The normalized spacial score (nSPS) is 22.4. The summed E-state index contributed by atoms with van der Waals surface area (Å²) in [6.07, 6.45) is 4.21. The molecule has 0 amide bonds. The molecule has 0 aromatic heterocycles. The molecule has 0 aromatic carbocycles. The Morgan fingerprint density at radius 2 is 1.69 bits per heavy atom. The van der Waals surface area contributed by atoms with Crippen LogP contribution in [0.4, 0.5) is 0 Å². The maximum Gasteiger partial charge on any atom is 0.149 e. The van der Waals surface area contributed by atoms with Crippen LogP contribution in [0.25, 0.3) is 0 Å². The molecule has 94 valence electrons. The lowest BCUT2D eigenvalue weighted by molar-refractivity contribution is -0.126. The van der Waals surface area contributed by atoms with Gasteiger partial charge in [-0.15, -0.1) is 0 Å². The van der Waals surface area contributed by atoms with Crippen molar-refractivity contribution < 1.29 is 4.79 Å². The molecule has 1 saturated carbocycles. The molecule has 1 aliphatic rings. The van der Waals surface area contributed by atoms with E-state index in [-0.39, 0.29) is 6.04 Å². The second-order valence-corrected chi connectivity index (χ2v) is 5.97. The minimum Gasteiger partial charge on any atom is -0.298 e. The van der Waals surface area contributed by atoms with Crippen molar-refractivity contribution in [2.45, 2.75) is 59.4 Å². The molecule has 1 fully saturated rings. The molecule has 0 spiro atoms. The third kappa shape index (κ3) is 4.25. The molecule has 0 bridgehead atoms. The Morgan fingerprint density at radius 1 is 1.12 bits per heavy atom. The second kappa shape index (κ2) is 6.39. The minimum absolute atomic E-state index is 0.221. The predicted molar refractivity (Wildman–Crippen MR) is 68.5 cm³/mol. The Kier molecular flexibility index (Phi) is 5.47. The maximum absolute atomic E-state index is 12.0. The molecule has 2 nitrogen and oxygen atoms in total. The number of Topliss-reactive ketones (excluding diaryl/α,β-unsaturated/α-hetero) is 1. The average Bonchev–Trinajstić information content (AvgIpc) is 2.15. The standard InChI is InChI=1S/C14H27NO/c1-11(2)9-15(10-12(3)4)13-7-5-6-8-14(13)16/h11-13H,5-10H2,1-4H3. The molecule has 1 atom stereocenters. The molecule has 0 saturated heterocycles. The Bertz CT molecular complexity index is 213. The highest BCUT2D eigenvalue weighted by molar-refractivity contribution is 5.84. The largest absolute Gasteiger partial charge is 0.298 e. The van der Waals surface area contributed by atoms with Crippen LogP contribution in [0.1, 0.15) is 53.4 Å². The highest BCUT2D eigenvalue weighted by Gasteiger charge is 2.28. The molecule has 0 heterocycles. The lowest BCUT2D eigenvalue weighted by Crippen LogP contribution is -2.46. The number of carbonyl (C=O) groups excluding carboxylic acids is 1. The van der Waals surface area contributed by atoms with Crippen LogP contribution in [0.2, 0.25) is 0 Å². The van der Waals surface area contributed by atoms with Crippen molar-refractivity contribution in [3.05, 3.63) is 0 Å². The molecule has 1 aliphatic carbocycles. The predicted octanol–water partition coefficient (Wildman–Crippen LogP) is 3.11. The van der Waals surface area contributed by atoms with Crippen molar-refractivity contribution in [3.63, 3.8) is 0 Å². The number of hydrogen-bond acceptors (Lipinski definition) is 2. The van der Waals surface area contributed by atoms with E-state index < -0.39 is 0 Å². The van der Waals surface area contributed by atoms with Crippen molar-refractivity contribution in [2.75, 3.05) is 13.1 Å². The number of ketones is 1. The molecule has 0 aliphatic heterocycles. The van der Waals surface area contributed by atoms with Gasteiger partial charge in [0.2, 0.25) is 0 Å². The molecular weight excluding hydrogens is 198 g/mol. The summed E-state index contributed by atoms with van der Waals surface area (Å²) in [6, 6.07) is 0.221. The number of rotatable bonds is 5. The van der Waals surface area contributed by atoms with Crippen LogP contribution in [-0.2, 0) is 4.79 Å². The summed E-state index contributed by atoms with van der Waals surface area (Å²) in [5, 5.41) is 0. The van der Waals surface area contributed by atoms with Gasteiger partial charge in [-0.2, -0.15) is 0 Å². The van der Waals surface area contributed by atoms with Gasteiger partial charge in [0.1, 0.15) is 5.78 Å². The van der Waals surface area contributed by atoms with Gasteiger partial charge in [-0.3, -0.25) is 9.69 Å². The van der Waals surface area contributed by atoms with Gasteiger partial charge in [0, 0.05) is 19.5 Å². The van der Waals surface area contributed by atoms with E-state index in [4.69, 9.17) is 0 Å². The zero-order valence-corrected chi connectivity index (χ0v) is 11.3. The van der Waals surface area contributed by atoms with Crippen molar-refractivity contribution in [3.8, 4) is 0 Å². The van der Waals surface area contributed by atoms with Crippen molar-refractivity contribution in [2.24, 2.45) is 11.8 Å². The van der Waals surface area contributed by atoms with Gasteiger partial charge >= 0.3 is 0 Å². The number of carbonyl (C=O) groups is 1. The Hall–Kier alpha value is -0.370. The summed E-state index contributed by atoms with van der Waals surface area (Å²) >= 11 is 0. The first kappa shape index (κ1) is 13.7. The zero-order chi connectivity index (χ0) is 12.1. The van der Waals surface area contributed by atoms with Crippen LogP contribution in [0, 0.1) is 11.8 Å². The molecule has 0 radical (unpaired) electrons. The average molecular weight is 225 g/mol. The summed E-state index contributed by atoms with van der Waals surface area (Å²) in [7, 11) is 0. The number of hydrogen-bond donors (Lipinski definition) is 0. The van der Waals surface area contributed by atoms with E-state index in [0.717, 1.165) is 32.4 Å². The SMILES string of the molecule is CC(C)CN(CC(C)C)C1CCCCC1=O. The third-order valence-electron chi connectivity index (χ3n) is 3.16. The fraction of sp³-hybridized carbons (Fsp3) is 0.929. The van der Waals surface area contributed by atoms with E-state index >= 15 is 0 Å². The van der Waals surface area contributed by atoms with Crippen molar-refractivity contribution in [1.29, 1.82) is 0 Å². The van der Waals surface area contributed by atoms with Crippen molar-refractivity contribution >= 4 is 5.78 Å². The molecule has 1 unspecified atom stereocenters. The van der Waals surface area contributed by atoms with Gasteiger partial charge in [-0.1, -0.05) is 34.1 Å². The van der Waals surface area contributed by atoms with Crippen LogP contribution in [0.15, 0.2) is 0 Å².